The van der Waals surface area contributed by atoms with Crippen molar-refractivity contribution in [3.8, 4) is 0 Å². The van der Waals surface area contributed by atoms with Gasteiger partial charge in [0.15, 0.2) is 6.10 Å². The average Bonchev–Trinajstić information content (AvgIpc) is 3.74. The molecule has 0 fully saturated rings. The summed E-state index contributed by atoms with van der Waals surface area (Å²) in [4.78, 5) is 35.2. The molecule has 2 aromatic heterocycles. The minimum absolute atomic E-state index is 0.0445. The topological polar surface area (TPSA) is 161 Å². The van der Waals surface area contributed by atoms with E-state index in [2.05, 4.69) is 40.7 Å². The zero-order chi connectivity index (χ0) is 45.3. The standard InChI is InChI=1S/C50H88NO10P/c1-6-8-24-30-44-38-41(3)46(59-44)31-26-20-16-12-10-11-13-19-23-29-35-50(53)60-45(40-58-62(54,55)57-37-36-51)39-56-49(52)34-28-22-18-15-14-17-21-27-33-48-43(5)42(4)47(61-48)32-25-9-7-2/h38,45H,6-37,39-40,51H2,1-5H3,(H,54,55)/t45-/m1/s1. The second kappa shape index (κ2) is 34.9. The van der Waals surface area contributed by atoms with Crippen molar-refractivity contribution in [2.45, 2.75) is 233 Å². The first kappa shape index (κ1) is 55.7. The van der Waals surface area contributed by atoms with Gasteiger partial charge in [-0.15, -0.1) is 0 Å². The monoisotopic (exact) mass is 894 g/mol. The number of rotatable bonds is 41. The number of nitrogens with two attached hydrogens (primary N) is 1. The summed E-state index contributed by atoms with van der Waals surface area (Å²) in [5, 5.41) is 0. The highest BCUT2D eigenvalue weighted by Gasteiger charge is 2.26. The lowest BCUT2D eigenvalue weighted by Crippen LogP contribution is -2.29. The maximum absolute atomic E-state index is 12.7. The molecule has 2 heterocycles. The maximum Gasteiger partial charge on any atom is 0.472 e. The van der Waals surface area contributed by atoms with Crippen molar-refractivity contribution in [3.05, 3.63) is 45.8 Å². The highest BCUT2D eigenvalue weighted by molar-refractivity contribution is 7.47. The Kier molecular flexibility index (Phi) is 31.4. The fourth-order valence-electron chi connectivity index (χ4n) is 7.83. The van der Waals surface area contributed by atoms with E-state index in [1.807, 2.05) is 0 Å². The molecule has 2 atom stereocenters. The van der Waals surface area contributed by atoms with Gasteiger partial charge in [-0.05, 0) is 82.1 Å². The van der Waals surface area contributed by atoms with E-state index < -0.39 is 32.5 Å². The molecule has 0 radical (unpaired) electrons. The summed E-state index contributed by atoms with van der Waals surface area (Å²) < 4.78 is 45.3. The Labute approximate surface area is 376 Å². The van der Waals surface area contributed by atoms with Crippen LogP contribution in [0.2, 0.25) is 0 Å². The molecule has 11 nitrogen and oxygen atoms in total. The van der Waals surface area contributed by atoms with Crippen LogP contribution in [0, 0.1) is 20.8 Å². The second-order valence-corrected chi connectivity index (χ2v) is 18.9. The van der Waals surface area contributed by atoms with E-state index in [4.69, 9.17) is 33.1 Å². The highest BCUT2D eigenvalue weighted by atomic mass is 31.2. The number of carbonyl (C=O) groups is 2. The van der Waals surface area contributed by atoms with Crippen LogP contribution < -0.4 is 5.73 Å². The first-order valence-corrected chi connectivity index (χ1v) is 26.3. The smallest absolute Gasteiger partial charge is 0.466 e. The summed E-state index contributed by atoms with van der Waals surface area (Å²) >= 11 is 0. The van der Waals surface area contributed by atoms with E-state index >= 15 is 0 Å². The van der Waals surface area contributed by atoms with Gasteiger partial charge in [-0.1, -0.05) is 129 Å². The average molecular weight is 894 g/mol. The summed E-state index contributed by atoms with van der Waals surface area (Å²) in [6, 6.07) is 2.22. The molecule has 0 aliphatic rings. The highest BCUT2D eigenvalue weighted by Crippen LogP contribution is 2.43. The Morgan fingerprint density at radius 3 is 1.56 bits per heavy atom. The third-order valence-corrected chi connectivity index (χ3v) is 12.8. The van der Waals surface area contributed by atoms with Crippen LogP contribution >= 0.6 is 7.82 Å². The van der Waals surface area contributed by atoms with Crippen molar-refractivity contribution < 1.29 is 46.4 Å². The number of aryl methyl sites for hydroxylation is 5. The van der Waals surface area contributed by atoms with E-state index in [0.29, 0.717) is 12.8 Å². The van der Waals surface area contributed by atoms with E-state index in [9.17, 15) is 19.0 Å². The van der Waals surface area contributed by atoms with Crippen LogP contribution in [0.1, 0.15) is 221 Å². The molecule has 0 spiro atoms. The van der Waals surface area contributed by atoms with Gasteiger partial charge in [-0.25, -0.2) is 4.57 Å². The molecule has 358 valence electrons. The van der Waals surface area contributed by atoms with Crippen LogP contribution in [-0.2, 0) is 58.4 Å². The van der Waals surface area contributed by atoms with Gasteiger partial charge in [0.25, 0.3) is 0 Å². The molecular formula is C50H88NO10P. The number of phosphoric acid groups is 1. The number of unbranched alkanes of at least 4 members (excludes halogenated alkanes) is 20. The van der Waals surface area contributed by atoms with Gasteiger partial charge >= 0.3 is 19.8 Å². The molecule has 0 bridgehead atoms. The van der Waals surface area contributed by atoms with Crippen molar-refractivity contribution in [3.63, 3.8) is 0 Å². The van der Waals surface area contributed by atoms with Crippen LogP contribution in [0.25, 0.3) is 0 Å². The van der Waals surface area contributed by atoms with Crippen LogP contribution in [0.15, 0.2) is 14.9 Å². The zero-order valence-corrected chi connectivity index (χ0v) is 40.7. The molecule has 0 aliphatic heterocycles. The summed E-state index contributed by atoms with van der Waals surface area (Å²) in [7, 11) is -4.40. The van der Waals surface area contributed by atoms with E-state index in [1.54, 1.807) is 0 Å². The SMILES string of the molecule is CCCCCc1cc(C)c(CCCCCCCCCCCCC(=O)O[C@H](COC(=O)CCCCCCCCCCc2oc(CCCCC)c(C)c2C)COP(=O)(O)OCCN)o1. The van der Waals surface area contributed by atoms with Crippen molar-refractivity contribution in [2.24, 2.45) is 5.73 Å². The first-order valence-electron chi connectivity index (χ1n) is 24.8. The fraction of sp³-hybridized carbons (Fsp3) is 0.800. The van der Waals surface area contributed by atoms with Gasteiger partial charge in [-0.2, -0.15) is 0 Å². The molecular weight excluding hydrogens is 806 g/mol. The molecule has 2 rings (SSSR count). The van der Waals surface area contributed by atoms with E-state index in [1.165, 1.54) is 125 Å². The minimum atomic E-state index is -4.40. The molecule has 0 aliphatic carbocycles. The number of hydrogen-bond acceptors (Lipinski definition) is 10. The lowest BCUT2D eigenvalue weighted by atomic mass is 10.0. The Bertz CT molecular complexity index is 1500. The third-order valence-electron chi connectivity index (χ3n) is 11.8. The number of esters is 2. The molecule has 1 unspecified atom stereocenters. The summed E-state index contributed by atoms with van der Waals surface area (Å²) in [5.41, 5.74) is 9.33. The molecule has 2 aromatic rings. The van der Waals surface area contributed by atoms with Gasteiger partial charge < -0.3 is 28.9 Å². The van der Waals surface area contributed by atoms with Gasteiger partial charge in [0.05, 0.1) is 13.2 Å². The first-order chi connectivity index (χ1) is 30.0. The lowest BCUT2D eigenvalue weighted by molar-refractivity contribution is -0.161. The number of carbonyl (C=O) groups excluding carboxylic acids is 2. The lowest BCUT2D eigenvalue weighted by Gasteiger charge is -2.19. The second-order valence-electron chi connectivity index (χ2n) is 17.5. The molecule has 0 saturated carbocycles. The number of ether oxygens (including phenoxy) is 2. The normalized spacial score (nSPS) is 13.1. The van der Waals surface area contributed by atoms with Crippen LogP contribution in [-0.4, -0.2) is 49.3 Å². The number of hydrogen-bond donors (Lipinski definition) is 2. The van der Waals surface area contributed by atoms with Crippen LogP contribution in [0.3, 0.4) is 0 Å². The summed E-state index contributed by atoms with van der Waals surface area (Å²) in [6.45, 7) is 10.2. The Hall–Kier alpha value is -2.43. The van der Waals surface area contributed by atoms with E-state index in [0.717, 1.165) is 82.1 Å². The third kappa shape index (κ3) is 26.4. The quantitative estimate of drug-likeness (QED) is 0.0371. The van der Waals surface area contributed by atoms with Gasteiger partial charge in [-0.3, -0.25) is 18.6 Å². The Morgan fingerprint density at radius 2 is 1.05 bits per heavy atom. The van der Waals surface area contributed by atoms with Crippen molar-refractivity contribution in [1.82, 2.24) is 0 Å². The summed E-state index contributed by atoms with van der Waals surface area (Å²) in [5.74, 6) is 3.79. The zero-order valence-electron chi connectivity index (χ0n) is 39.8. The molecule has 3 N–H and O–H groups in total. The van der Waals surface area contributed by atoms with Gasteiger partial charge in [0.1, 0.15) is 29.6 Å². The Balaban J connectivity index is 1.55. The predicted molar refractivity (Wildman–Crippen MR) is 249 cm³/mol. The van der Waals surface area contributed by atoms with Crippen molar-refractivity contribution >= 4 is 19.8 Å². The predicted octanol–water partition coefficient (Wildman–Crippen LogP) is 13.4. The van der Waals surface area contributed by atoms with E-state index in [-0.39, 0.29) is 32.6 Å². The van der Waals surface area contributed by atoms with Crippen molar-refractivity contribution in [2.75, 3.05) is 26.4 Å². The molecule has 62 heavy (non-hydrogen) atoms. The Morgan fingerprint density at radius 1 is 0.597 bits per heavy atom. The molecule has 0 amide bonds. The maximum atomic E-state index is 12.7. The molecule has 0 aromatic carbocycles. The largest absolute Gasteiger partial charge is 0.472 e. The van der Waals surface area contributed by atoms with Gasteiger partial charge in [0, 0.05) is 45.1 Å². The summed E-state index contributed by atoms with van der Waals surface area (Å²) in [6.07, 6.45) is 30.5. The molecule has 0 saturated heterocycles. The van der Waals surface area contributed by atoms with Crippen LogP contribution in [0.4, 0.5) is 0 Å². The van der Waals surface area contributed by atoms with Gasteiger partial charge in [0.2, 0.25) is 0 Å². The number of furan rings is 2. The fourth-order valence-corrected chi connectivity index (χ4v) is 8.60. The van der Waals surface area contributed by atoms with Crippen molar-refractivity contribution in [1.29, 1.82) is 0 Å². The minimum Gasteiger partial charge on any atom is -0.466 e. The van der Waals surface area contributed by atoms with Crippen LogP contribution in [0.5, 0.6) is 0 Å². The number of phosphoric ester groups is 1. The molecule has 12 heteroatoms.